The van der Waals surface area contributed by atoms with E-state index in [-0.39, 0.29) is 5.88 Å². The number of aromatic nitrogens is 1. The Balaban J connectivity index is 1.82. The third-order valence-electron chi connectivity index (χ3n) is 5.91. The van der Waals surface area contributed by atoms with Crippen molar-refractivity contribution in [2.75, 3.05) is 0 Å². The van der Waals surface area contributed by atoms with Crippen LogP contribution in [0.15, 0.2) is 66.1 Å². The maximum absolute atomic E-state index is 9.89. The summed E-state index contributed by atoms with van der Waals surface area (Å²) in [7, 11) is 0. The predicted molar refractivity (Wildman–Crippen MR) is 119 cm³/mol. The third kappa shape index (κ3) is 2.63. The Morgan fingerprint density at radius 3 is 2.60 bits per heavy atom. The Bertz CT molecular complexity index is 1430. The molecule has 146 valence electrons. The molecule has 1 aromatic heterocycles. The van der Waals surface area contributed by atoms with Gasteiger partial charge in [-0.15, -0.1) is 0 Å². The number of halogens is 1. The minimum absolute atomic E-state index is 0.0996. The standard InChI is InChI=1S/C25H18ClN3O/c1-13-7-8-16-11-19(24(26)29-22(16)14(13)2)21-18-10-9-15-5-3-4-6-17(15)23(18)30-25(28)20(21)12-27/h3-11,21H,28H2,1-2H3. The maximum Gasteiger partial charge on any atom is 0.205 e. The minimum atomic E-state index is -0.450. The van der Waals surface area contributed by atoms with E-state index in [1.807, 2.05) is 55.5 Å². The van der Waals surface area contributed by atoms with E-state index in [1.165, 1.54) is 0 Å². The second-order valence-electron chi connectivity index (χ2n) is 7.58. The summed E-state index contributed by atoms with van der Waals surface area (Å²) in [4.78, 5) is 4.69. The van der Waals surface area contributed by atoms with Crippen LogP contribution in [0.25, 0.3) is 21.7 Å². The smallest absolute Gasteiger partial charge is 0.205 e. The molecule has 0 radical (unpaired) electrons. The number of hydrogen-bond donors (Lipinski definition) is 1. The molecule has 1 aliphatic heterocycles. The molecule has 0 saturated heterocycles. The number of ether oxygens (including phenoxy) is 1. The van der Waals surface area contributed by atoms with Gasteiger partial charge in [0.2, 0.25) is 5.88 Å². The number of nitrogens with two attached hydrogens (primary N) is 1. The van der Waals surface area contributed by atoms with Gasteiger partial charge in [-0.25, -0.2) is 4.98 Å². The molecular formula is C25H18ClN3O. The lowest BCUT2D eigenvalue weighted by Crippen LogP contribution is -2.21. The lowest BCUT2D eigenvalue weighted by atomic mass is 9.82. The quantitative estimate of drug-likeness (QED) is 0.397. The van der Waals surface area contributed by atoms with Crippen molar-refractivity contribution in [2.24, 2.45) is 5.73 Å². The SMILES string of the molecule is Cc1ccc2cc(C3C(C#N)=C(N)Oc4c3ccc3ccccc43)c(Cl)nc2c1C. The predicted octanol–water partition coefficient (Wildman–Crippen LogP) is 5.88. The van der Waals surface area contributed by atoms with E-state index in [1.54, 1.807) is 0 Å². The van der Waals surface area contributed by atoms with Crippen LogP contribution in [0.2, 0.25) is 5.15 Å². The van der Waals surface area contributed by atoms with Gasteiger partial charge in [-0.3, -0.25) is 0 Å². The van der Waals surface area contributed by atoms with Crippen LogP contribution in [0.4, 0.5) is 0 Å². The highest BCUT2D eigenvalue weighted by Crippen LogP contribution is 2.47. The Kier molecular flexibility index (Phi) is 4.16. The van der Waals surface area contributed by atoms with Crippen molar-refractivity contribution in [1.82, 2.24) is 4.98 Å². The molecule has 30 heavy (non-hydrogen) atoms. The normalized spacial score (nSPS) is 15.7. The van der Waals surface area contributed by atoms with Crippen molar-refractivity contribution in [2.45, 2.75) is 19.8 Å². The van der Waals surface area contributed by atoms with Gasteiger partial charge in [-0.1, -0.05) is 60.1 Å². The zero-order chi connectivity index (χ0) is 21.0. The summed E-state index contributed by atoms with van der Waals surface area (Å²) < 4.78 is 5.93. The highest BCUT2D eigenvalue weighted by Gasteiger charge is 2.33. The van der Waals surface area contributed by atoms with Gasteiger partial charge in [0.15, 0.2) is 0 Å². The van der Waals surface area contributed by atoms with E-state index in [0.29, 0.717) is 16.5 Å². The Morgan fingerprint density at radius 2 is 1.80 bits per heavy atom. The molecule has 0 amide bonds. The molecule has 4 aromatic rings. The first-order valence-corrected chi connectivity index (χ1v) is 10.0. The first-order valence-electron chi connectivity index (χ1n) is 9.65. The summed E-state index contributed by atoms with van der Waals surface area (Å²) in [5, 5.41) is 13.2. The highest BCUT2D eigenvalue weighted by molar-refractivity contribution is 6.30. The Labute approximate surface area is 179 Å². The molecule has 1 unspecified atom stereocenters. The molecule has 0 saturated carbocycles. The van der Waals surface area contributed by atoms with Crippen LogP contribution in [-0.2, 0) is 0 Å². The number of nitriles is 1. The van der Waals surface area contributed by atoms with Gasteiger partial charge in [0.25, 0.3) is 0 Å². The van der Waals surface area contributed by atoms with Crippen molar-refractivity contribution in [1.29, 1.82) is 5.26 Å². The van der Waals surface area contributed by atoms with Crippen molar-refractivity contribution < 1.29 is 4.74 Å². The van der Waals surface area contributed by atoms with Gasteiger partial charge in [0, 0.05) is 21.9 Å². The fourth-order valence-corrected chi connectivity index (χ4v) is 4.43. The van der Waals surface area contributed by atoms with Crippen molar-refractivity contribution >= 4 is 33.3 Å². The fourth-order valence-electron chi connectivity index (χ4n) is 4.19. The molecule has 4 nitrogen and oxygen atoms in total. The second-order valence-corrected chi connectivity index (χ2v) is 7.94. The molecule has 0 spiro atoms. The zero-order valence-electron chi connectivity index (χ0n) is 16.5. The molecule has 1 atom stereocenters. The van der Waals surface area contributed by atoms with Gasteiger partial charge >= 0.3 is 0 Å². The number of pyridine rings is 1. The van der Waals surface area contributed by atoms with Gasteiger partial charge in [-0.05, 0) is 36.4 Å². The highest BCUT2D eigenvalue weighted by atomic mass is 35.5. The van der Waals surface area contributed by atoms with Crippen LogP contribution in [0, 0.1) is 25.2 Å². The number of rotatable bonds is 1. The minimum Gasteiger partial charge on any atom is -0.440 e. The largest absolute Gasteiger partial charge is 0.440 e. The first kappa shape index (κ1) is 18.5. The number of nitrogens with zero attached hydrogens (tertiary/aromatic N) is 2. The van der Waals surface area contributed by atoms with E-state index in [0.717, 1.165) is 43.9 Å². The molecule has 5 rings (SSSR count). The molecule has 0 fully saturated rings. The van der Waals surface area contributed by atoms with Crippen LogP contribution in [0.1, 0.15) is 28.2 Å². The summed E-state index contributed by atoms with van der Waals surface area (Å²) in [6, 6.07) is 20.3. The molecular weight excluding hydrogens is 394 g/mol. The van der Waals surface area contributed by atoms with Gasteiger partial charge in [-0.2, -0.15) is 5.26 Å². The summed E-state index contributed by atoms with van der Waals surface area (Å²) in [6.07, 6.45) is 0. The maximum atomic E-state index is 9.89. The fraction of sp³-hybridized carbons (Fsp3) is 0.120. The monoisotopic (exact) mass is 411 g/mol. The van der Waals surface area contributed by atoms with Gasteiger partial charge in [0.05, 0.1) is 11.4 Å². The lowest BCUT2D eigenvalue weighted by molar-refractivity contribution is 0.398. The van der Waals surface area contributed by atoms with Gasteiger partial charge in [0.1, 0.15) is 22.5 Å². The van der Waals surface area contributed by atoms with E-state index in [9.17, 15) is 5.26 Å². The molecule has 0 aliphatic carbocycles. The van der Waals surface area contributed by atoms with E-state index >= 15 is 0 Å². The topological polar surface area (TPSA) is 71.9 Å². The van der Waals surface area contributed by atoms with Crippen LogP contribution >= 0.6 is 11.6 Å². The Hall–Kier alpha value is -3.55. The average Bonchev–Trinajstić information content (AvgIpc) is 2.75. The van der Waals surface area contributed by atoms with Crippen LogP contribution in [0.3, 0.4) is 0 Å². The number of allylic oxidation sites excluding steroid dienone is 1. The summed E-state index contributed by atoms with van der Waals surface area (Å²) in [5.41, 5.74) is 11.2. The second kappa shape index (κ2) is 6.76. The molecule has 1 aliphatic rings. The van der Waals surface area contributed by atoms with Crippen LogP contribution in [0.5, 0.6) is 5.75 Å². The van der Waals surface area contributed by atoms with E-state index in [4.69, 9.17) is 27.1 Å². The summed E-state index contributed by atoms with van der Waals surface area (Å²) in [5.74, 6) is 0.308. The Morgan fingerprint density at radius 1 is 1.03 bits per heavy atom. The lowest BCUT2D eigenvalue weighted by Gasteiger charge is -2.28. The van der Waals surface area contributed by atoms with Crippen LogP contribution < -0.4 is 10.5 Å². The third-order valence-corrected chi connectivity index (χ3v) is 6.21. The molecule has 2 N–H and O–H groups in total. The number of benzene rings is 3. The number of aryl methyl sites for hydroxylation is 2. The number of hydrogen-bond acceptors (Lipinski definition) is 4. The first-order chi connectivity index (χ1) is 14.5. The van der Waals surface area contributed by atoms with E-state index in [2.05, 4.69) is 19.1 Å². The van der Waals surface area contributed by atoms with Crippen LogP contribution in [-0.4, -0.2) is 4.98 Å². The van der Waals surface area contributed by atoms with E-state index < -0.39 is 5.92 Å². The molecule has 0 bridgehead atoms. The average molecular weight is 412 g/mol. The summed E-state index contributed by atoms with van der Waals surface area (Å²) >= 11 is 6.69. The van der Waals surface area contributed by atoms with Crippen molar-refractivity contribution in [3.8, 4) is 11.8 Å². The van der Waals surface area contributed by atoms with Crippen molar-refractivity contribution in [3.05, 3.63) is 93.5 Å². The summed E-state index contributed by atoms with van der Waals surface area (Å²) in [6.45, 7) is 4.09. The number of fused-ring (bicyclic) bond motifs is 4. The van der Waals surface area contributed by atoms with Crippen molar-refractivity contribution in [3.63, 3.8) is 0 Å². The molecule has 3 aromatic carbocycles. The molecule has 2 heterocycles. The molecule has 5 heteroatoms. The zero-order valence-corrected chi connectivity index (χ0v) is 17.3. The van der Waals surface area contributed by atoms with Gasteiger partial charge < -0.3 is 10.5 Å².